The van der Waals surface area contributed by atoms with Crippen molar-refractivity contribution in [2.45, 2.75) is 80.1 Å². The first-order chi connectivity index (χ1) is 17.1. The summed E-state index contributed by atoms with van der Waals surface area (Å²) < 4.78 is 31.5. The zero-order valence-corrected chi connectivity index (χ0v) is 23.2. The lowest BCUT2D eigenvalue weighted by Crippen LogP contribution is -2.10. The Hall–Kier alpha value is -2.79. The van der Waals surface area contributed by atoms with Crippen molar-refractivity contribution >= 4 is 11.4 Å². The third kappa shape index (κ3) is 17.6. The number of anilines is 2. The topological polar surface area (TPSA) is 29.3 Å². The van der Waals surface area contributed by atoms with E-state index in [4.69, 9.17) is 5.73 Å². The number of nitrogens with zero attached hydrogens (tertiary/aromatic N) is 1. The number of rotatable bonds is 5. The van der Waals surface area contributed by atoms with Crippen LogP contribution in [-0.2, 0) is 12.8 Å². The Kier molecular flexibility index (Phi) is 22.3. The van der Waals surface area contributed by atoms with Crippen molar-refractivity contribution in [2.24, 2.45) is 5.73 Å². The van der Waals surface area contributed by atoms with Crippen LogP contribution < -0.4 is 10.6 Å². The Balaban J connectivity index is 0. The van der Waals surface area contributed by atoms with Crippen molar-refractivity contribution < 1.29 is 13.2 Å². The van der Waals surface area contributed by atoms with Crippen LogP contribution in [0.4, 0.5) is 24.5 Å². The standard InChI is InChI=1S/C19H21N.C4H9N.C3H5F.C3H8.C2H4F2/c1-3-4-8-16-9-7-11-18(14-16)20-15(2)13-17-10-5-6-12-19(17)20;1-2-3-4-5;1-3(2)4;1-3-2;1-2(3)4/h5-7,9-12,14H,2-4,8,13H2,1H3;2-3H,4-5H2,1H3;1H2,2H3;3H2,1-2H3;2H,1H3/b;3-2-;;;. The van der Waals surface area contributed by atoms with Gasteiger partial charge >= 0.3 is 0 Å². The molecule has 0 amide bonds. The van der Waals surface area contributed by atoms with E-state index in [-0.39, 0.29) is 5.83 Å². The average Bonchev–Trinajstić information content (AvgIpc) is 3.14. The molecule has 0 saturated carbocycles. The summed E-state index contributed by atoms with van der Waals surface area (Å²) in [6.07, 6.45) is 7.52. The molecule has 0 radical (unpaired) electrons. The maximum absolute atomic E-state index is 10.8. The molecule has 36 heavy (non-hydrogen) atoms. The normalized spacial score (nSPS) is 11.2. The number of allylic oxidation sites excluding steroid dienone is 3. The van der Waals surface area contributed by atoms with Gasteiger partial charge in [0.1, 0.15) is 0 Å². The highest BCUT2D eigenvalue weighted by molar-refractivity contribution is 5.75. The number of aryl methyl sites for hydroxylation is 1. The van der Waals surface area contributed by atoms with E-state index in [9.17, 15) is 13.2 Å². The summed E-state index contributed by atoms with van der Waals surface area (Å²) in [4.78, 5) is 2.30. The lowest BCUT2D eigenvalue weighted by molar-refractivity contribution is 0.171. The number of hydrogen-bond acceptors (Lipinski definition) is 2. The molecule has 2 aromatic rings. The van der Waals surface area contributed by atoms with Gasteiger partial charge in [-0.3, -0.25) is 0 Å². The number of para-hydroxylation sites is 1. The molecule has 0 bridgehead atoms. The molecule has 2 N–H and O–H groups in total. The van der Waals surface area contributed by atoms with Crippen LogP contribution in [0.15, 0.2) is 85.4 Å². The van der Waals surface area contributed by atoms with E-state index in [0.29, 0.717) is 6.54 Å². The first-order valence-electron chi connectivity index (χ1n) is 12.6. The second-order valence-electron chi connectivity index (χ2n) is 8.19. The van der Waals surface area contributed by atoms with Crippen molar-refractivity contribution in [1.29, 1.82) is 0 Å². The molecule has 1 aliphatic rings. The minimum atomic E-state index is -2.17. The molecule has 0 saturated heterocycles. The molecule has 202 valence electrons. The third-order valence-electron chi connectivity index (χ3n) is 4.30. The number of fused-ring (bicyclic) bond motifs is 1. The van der Waals surface area contributed by atoms with E-state index in [2.05, 4.69) is 87.4 Å². The molecule has 0 spiro atoms. The smallest absolute Gasteiger partial charge is 0.235 e. The summed E-state index contributed by atoms with van der Waals surface area (Å²) in [6, 6.07) is 17.5. The second kappa shape index (κ2) is 22.7. The number of hydrogen-bond donors (Lipinski definition) is 1. The maximum atomic E-state index is 10.8. The highest BCUT2D eigenvalue weighted by Gasteiger charge is 2.23. The Morgan fingerprint density at radius 3 is 2.14 bits per heavy atom. The molecular formula is C31H47F3N2. The van der Waals surface area contributed by atoms with Crippen LogP contribution in [0.2, 0.25) is 0 Å². The number of halogens is 3. The predicted octanol–water partition coefficient (Wildman–Crippen LogP) is 9.94. The molecule has 2 aromatic carbocycles. The maximum Gasteiger partial charge on any atom is 0.235 e. The van der Waals surface area contributed by atoms with Gasteiger partial charge in [-0.2, -0.15) is 0 Å². The van der Waals surface area contributed by atoms with Crippen molar-refractivity contribution in [3.63, 3.8) is 0 Å². The summed E-state index contributed by atoms with van der Waals surface area (Å²) in [5.74, 6) is -0.333. The Morgan fingerprint density at radius 2 is 1.67 bits per heavy atom. The summed E-state index contributed by atoms with van der Waals surface area (Å²) in [5.41, 5.74) is 11.5. The Labute approximate surface area is 218 Å². The van der Waals surface area contributed by atoms with Crippen LogP contribution >= 0.6 is 0 Å². The summed E-state index contributed by atoms with van der Waals surface area (Å²) in [5, 5.41) is 0. The zero-order valence-electron chi connectivity index (χ0n) is 23.2. The van der Waals surface area contributed by atoms with E-state index in [1.165, 1.54) is 54.4 Å². The van der Waals surface area contributed by atoms with E-state index in [1.54, 1.807) is 0 Å². The van der Waals surface area contributed by atoms with Gasteiger partial charge in [-0.25, -0.2) is 13.2 Å². The zero-order chi connectivity index (χ0) is 27.9. The molecule has 3 rings (SSSR count). The summed E-state index contributed by atoms with van der Waals surface area (Å²) >= 11 is 0. The SMILES string of the molecule is C/C=C\CN.C=C(C)F.C=C1Cc2ccccc2N1c1cccc(CCCC)c1.CC(F)F.CCC. The van der Waals surface area contributed by atoms with Gasteiger partial charge in [0.2, 0.25) is 6.43 Å². The van der Waals surface area contributed by atoms with Crippen molar-refractivity contribution in [1.82, 2.24) is 0 Å². The molecule has 0 aliphatic carbocycles. The summed E-state index contributed by atoms with van der Waals surface area (Å²) in [6.45, 7) is 18.4. The highest BCUT2D eigenvalue weighted by Crippen LogP contribution is 2.39. The largest absolute Gasteiger partial charge is 0.327 e. The molecule has 0 atom stereocenters. The van der Waals surface area contributed by atoms with Crippen LogP contribution in [-0.4, -0.2) is 13.0 Å². The fourth-order valence-electron chi connectivity index (χ4n) is 3.04. The van der Waals surface area contributed by atoms with Gasteiger partial charge in [-0.1, -0.05) is 89.3 Å². The van der Waals surface area contributed by atoms with Crippen LogP contribution in [0.25, 0.3) is 0 Å². The molecular weight excluding hydrogens is 457 g/mol. The van der Waals surface area contributed by atoms with Crippen LogP contribution in [0, 0.1) is 0 Å². The van der Waals surface area contributed by atoms with Crippen LogP contribution in [0.5, 0.6) is 0 Å². The second-order valence-corrected chi connectivity index (χ2v) is 8.19. The number of alkyl halides is 2. The number of nitrogens with two attached hydrogens (primary N) is 1. The van der Waals surface area contributed by atoms with Gasteiger partial charge in [0.05, 0.1) is 5.83 Å². The molecule has 2 nitrogen and oxygen atoms in total. The van der Waals surface area contributed by atoms with Gasteiger partial charge < -0.3 is 10.6 Å². The van der Waals surface area contributed by atoms with E-state index >= 15 is 0 Å². The molecule has 0 aromatic heterocycles. The predicted molar refractivity (Wildman–Crippen MR) is 154 cm³/mol. The molecule has 5 heteroatoms. The monoisotopic (exact) mass is 504 g/mol. The van der Waals surface area contributed by atoms with Gasteiger partial charge in [0.15, 0.2) is 0 Å². The van der Waals surface area contributed by atoms with E-state index in [1.807, 2.05) is 19.1 Å². The minimum absolute atomic E-state index is 0.333. The molecule has 0 fully saturated rings. The van der Waals surface area contributed by atoms with Crippen molar-refractivity contribution in [2.75, 3.05) is 11.4 Å². The lowest BCUT2D eigenvalue weighted by Gasteiger charge is -2.21. The first kappa shape index (κ1) is 35.4. The van der Waals surface area contributed by atoms with Gasteiger partial charge in [0, 0.05) is 30.0 Å². The quantitative estimate of drug-likeness (QED) is 0.410. The summed E-state index contributed by atoms with van der Waals surface area (Å²) in [7, 11) is 0. The fraction of sp³-hybridized carbons (Fsp3) is 0.419. The third-order valence-corrected chi connectivity index (χ3v) is 4.30. The first-order valence-corrected chi connectivity index (χ1v) is 12.6. The highest BCUT2D eigenvalue weighted by atomic mass is 19.3. The molecule has 1 aliphatic heterocycles. The van der Waals surface area contributed by atoms with Crippen molar-refractivity contribution in [3.8, 4) is 0 Å². The van der Waals surface area contributed by atoms with Crippen LogP contribution in [0.3, 0.4) is 0 Å². The number of unbranched alkanes of at least 4 members (excludes halogenated alkanes) is 1. The van der Waals surface area contributed by atoms with E-state index < -0.39 is 6.43 Å². The van der Waals surface area contributed by atoms with E-state index in [0.717, 1.165) is 19.8 Å². The fourth-order valence-corrected chi connectivity index (χ4v) is 3.04. The number of benzene rings is 2. The minimum Gasteiger partial charge on any atom is -0.327 e. The Morgan fingerprint density at radius 1 is 1.11 bits per heavy atom. The van der Waals surface area contributed by atoms with Crippen LogP contribution in [0.1, 0.15) is 71.9 Å². The lowest BCUT2D eigenvalue weighted by atomic mass is 10.1. The van der Waals surface area contributed by atoms with Gasteiger partial charge in [-0.05, 0) is 62.9 Å². The average molecular weight is 505 g/mol. The van der Waals surface area contributed by atoms with Gasteiger partial charge in [-0.15, -0.1) is 0 Å². The molecule has 0 unspecified atom stereocenters. The Bertz CT molecular complexity index is 869. The van der Waals surface area contributed by atoms with Crippen molar-refractivity contribution in [3.05, 3.63) is 96.5 Å². The van der Waals surface area contributed by atoms with Gasteiger partial charge in [0.25, 0.3) is 0 Å². The molecule has 1 heterocycles.